The minimum Gasteiger partial charge on any atom is -0.0990 e. The Balaban J connectivity index is 2.13. The van der Waals surface area contributed by atoms with E-state index in [9.17, 15) is 0 Å². The molecule has 2 fully saturated rings. The Kier molecular flexibility index (Phi) is 1.82. The molecule has 2 saturated carbocycles. The number of rotatable bonds is 1. The molecule has 0 radical (unpaired) electrons. The van der Waals surface area contributed by atoms with Gasteiger partial charge in [0.25, 0.3) is 0 Å². The van der Waals surface area contributed by atoms with E-state index in [0.717, 1.165) is 11.8 Å². The van der Waals surface area contributed by atoms with Gasteiger partial charge in [0.1, 0.15) is 0 Å². The standard InChI is InChI=1S/C12H20/c1-4-11-7-9(2)8-12(5-6-12)10(11)3/h9,11H,3-8H2,1-2H3. The first kappa shape index (κ1) is 8.34. The van der Waals surface area contributed by atoms with Crippen LogP contribution in [0.25, 0.3) is 0 Å². The fourth-order valence-electron chi connectivity index (χ4n) is 3.03. The van der Waals surface area contributed by atoms with Gasteiger partial charge in [-0.05, 0) is 49.4 Å². The summed E-state index contributed by atoms with van der Waals surface area (Å²) >= 11 is 0. The van der Waals surface area contributed by atoms with Crippen LogP contribution in [0.4, 0.5) is 0 Å². The highest BCUT2D eigenvalue weighted by molar-refractivity contribution is 5.24. The van der Waals surface area contributed by atoms with E-state index < -0.39 is 0 Å². The van der Waals surface area contributed by atoms with Crippen LogP contribution >= 0.6 is 0 Å². The van der Waals surface area contributed by atoms with E-state index in [1.807, 2.05) is 0 Å². The van der Waals surface area contributed by atoms with E-state index in [1.54, 1.807) is 5.57 Å². The third kappa shape index (κ3) is 1.12. The molecular formula is C12H20. The third-order valence-electron chi connectivity index (χ3n) is 3.95. The molecule has 0 amide bonds. The Hall–Kier alpha value is -0.260. The molecule has 68 valence electrons. The van der Waals surface area contributed by atoms with Gasteiger partial charge in [-0.1, -0.05) is 26.0 Å². The smallest absolute Gasteiger partial charge is 0.00848 e. The summed E-state index contributed by atoms with van der Waals surface area (Å²) < 4.78 is 0. The van der Waals surface area contributed by atoms with Crippen molar-refractivity contribution in [1.82, 2.24) is 0 Å². The van der Waals surface area contributed by atoms with Gasteiger partial charge in [-0.25, -0.2) is 0 Å². The lowest BCUT2D eigenvalue weighted by Crippen LogP contribution is -2.24. The fourth-order valence-corrected chi connectivity index (χ4v) is 3.03. The maximum atomic E-state index is 4.32. The molecule has 0 nitrogen and oxygen atoms in total. The Morgan fingerprint density at radius 3 is 2.67 bits per heavy atom. The Morgan fingerprint density at radius 2 is 2.17 bits per heavy atom. The highest BCUT2D eigenvalue weighted by Crippen LogP contribution is 2.61. The highest BCUT2D eigenvalue weighted by atomic mass is 14.5. The molecule has 12 heavy (non-hydrogen) atoms. The average molecular weight is 164 g/mol. The molecule has 0 aromatic rings. The van der Waals surface area contributed by atoms with Crippen LogP contribution in [-0.2, 0) is 0 Å². The summed E-state index contributed by atoms with van der Waals surface area (Å²) in [6.07, 6.45) is 7.02. The van der Waals surface area contributed by atoms with Crippen LogP contribution in [0.3, 0.4) is 0 Å². The van der Waals surface area contributed by atoms with Crippen LogP contribution in [-0.4, -0.2) is 0 Å². The van der Waals surface area contributed by atoms with Gasteiger partial charge in [-0.3, -0.25) is 0 Å². The summed E-state index contributed by atoms with van der Waals surface area (Å²) in [4.78, 5) is 0. The van der Waals surface area contributed by atoms with E-state index in [4.69, 9.17) is 0 Å². The quantitative estimate of drug-likeness (QED) is 0.517. The molecule has 0 N–H and O–H groups in total. The van der Waals surface area contributed by atoms with Gasteiger partial charge >= 0.3 is 0 Å². The summed E-state index contributed by atoms with van der Waals surface area (Å²) in [6, 6.07) is 0. The Morgan fingerprint density at radius 1 is 1.50 bits per heavy atom. The zero-order valence-corrected chi connectivity index (χ0v) is 8.40. The van der Waals surface area contributed by atoms with Crippen molar-refractivity contribution in [2.24, 2.45) is 17.3 Å². The molecule has 2 rings (SSSR count). The molecule has 2 aliphatic carbocycles. The molecule has 2 atom stereocenters. The van der Waals surface area contributed by atoms with Crippen molar-refractivity contribution in [2.75, 3.05) is 0 Å². The molecule has 0 bridgehead atoms. The lowest BCUT2D eigenvalue weighted by Gasteiger charge is -2.35. The van der Waals surface area contributed by atoms with Crippen LogP contribution in [0.2, 0.25) is 0 Å². The van der Waals surface area contributed by atoms with Crippen molar-refractivity contribution in [2.45, 2.75) is 46.0 Å². The molecule has 0 heterocycles. The minimum absolute atomic E-state index is 0.637. The average Bonchev–Trinajstić information content (AvgIpc) is 2.78. The first-order chi connectivity index (χ1) is 5.68. The number of allylic oxidation sites excluding steroid dienone is 1. The maximum absolute atomic E-state index is 4.32. The van der Waals surface area contributed by atoms with Gasteiger partial charge < -0.3 is 0 Å². The van der Waals surface area contributed by atoms with Crippen molar-refractivity contribution in [1.29, 1.82) is 0 Å². The lowest BCUT2D eigenvalue weighted by atomic mass is 9.70. The van der Waals surface area contributed by atoms with E-state index >= 15 is 0 Å². The number of hydrogen-bond donors (Lipinski definition) is 0. The largest absolute Gasteiger partial charge is 0.0990 e. The van der Waals surface area contributed by atoms with E-state index in [1.165, 1.54) is 32.1 Å². The van der Waals surface area contributed by atoms with Crippen molar-refractivity contribution in [3.05, 3.63) is 12.2 Å². The third-order valence-corrected chi connectivity index (χ3v) is 3.95. The highest BCUT2D eigenvalue weighted by Gasteiger charge is 2.50. The Labute approximate surface area is 76.1 Å². The zero-order chi connectivity index (χ0) is 8.77. The van der Waals surface area contributed by atoms with Crippen LogP contribution in [0, 0.1) is 17.3 Å². The normalized spacial score (nSPS) is 38.7. The molecule has 1 spiro atoms. The van der Waals surface area contributed by atoms with E-state index in [2.05, 4.69) is 20.4 Å². The summed E-state index contributed by atoms with van der Waals surface area (Å²) in [5.74, 6) is 1.79. The lowest BCUT2D eigenvalue weighted by molar-refractivity contribution is 0.267. The summed E-state index contributed by atoms with van der Waals surface area (Å²) in [6.45, 7) is 9.04. The van der Waals surface area contributed by atoms with Gasteiger partial charge in [-0.2, -0.15) is 0 Å². The minimum atomic E-state index is 0.637. The van der Waals surface area contributed by atoms with Crippen LogP contribution < -0.4 is 0 Å². The molecule has 0 aromatic heterocycles. The second kappa shape index (κ2) is 2.61. The predicted molar refractivity (Wildman–Crippen MR) is 53.0 cm³/mol. The maximum Gasteiger partial charge on any atom is -0.00848 e. The molecular weight excluding hydrogens is 144 g/mol. The van der Waals surface area contributed by atoms with Crippen molar-refractivity contribution in [3.63, 3.8) is 0 Å². The number of hydrogen-bond acceptors (Lipinski definition) is 0. The fraction of sp³-hybridized carbons (Fsp3) is 0.833. The van der Waals surface area contributed by atoms with Gasteiger partial charge in [-0.15, -0.1) is 0 Å². The molecule has 2 unspecified atom stereocenters. The zero-order valence-electron chi connectivity index (χ0n) is 8.40. The van der Waals surface area contributed by atoms with E-state index in [0.29, 0.717) is 5.41 Å². The van der Waals surface area contributed by atoms with Gasteiger partial charge in [0.05, 0.1) is 0 Å². The van der Waals surface area contributed by atoms with E-state index in [-0.39, 0.29) is 0 Å². The molecule has 0 heteroatoms. The Bertz CT molecular complexity index is 198. The van der Waals surface area contributed by atoms with Crippen LogP contribution in [0.5, 0.6) is 0 Å². The molecule has 0 aromatic carbocycles. The van der Waals surface area contributed by atoms with Crippen LogP contribution in [0.1, 0.15) is 46.0 Å². The molecule has 0 saturated heterocycles. The molecule has 2 aliphatic rings. The second-order valence-corrected chi connectivity index (χ2v) is 4.96. The first-order valence-electron chi connectivity index (χ1n) is 5.37. The predicted octanol–water partition coefficient (Wildman–Crippen LogP) is 3.78. The molecule has 0 aliphatic heterocycles. The summed E-state index contributed by atoms with van der Waals surface area (Å²) in [5.41, 5.74) is 2.24. The first-order valence-corrected chi connectivity index (χ1v) is 5.37. The van der Waals surface area contributed by atoms with Gasteiger partial charge in [0, 0.05) is 0 Å². The topological polar surface area (TPSA) is 0 Å². The van der Waals surface area contributed by atoms with Crippen LogP contribution in [0.15, 0.2) is 12.2 Å². The summed E-state index contributed by atoms with van der Waals surface area (Å²) in [7, 11) is 0. The SMILES string of the molecule is C=C1C(CC)CC(C)CC12CC2. The summed E-state index contributed by atoms with van der Waals surface area (Å²) in [5, 5.41) is 0. The van der Waals surface area contributed by atoms with Gasteiger partial charge in [0.15, 0.2) is 0 Å². The monoisotopic (exact) mass is 164 g/mol. The van der Waals surface area contributed by atoms with Crippen molar-refractivity contribution in [3.8, 4) is 0 Å². The van der Waals surface area contributed by atoms with Gasteiger partial charge in [0.2, 0.25) is 0 Å². The van der Waals surface area contributed by atoms with Crippen molar-refractivity contribution < 1.29 is 0 Å². The second-order valence-electron chi connectivity index (χ2n) is 4.96. The van der Waals surface area contributed by atoms with Crippen molar-refractivity contribution >= 4 is 0 Å².